The summed E-state index contributed by atoms with van der Waals surface area (Å²) in [6, 6.07) is 16.5. The molecule has 10 heteroatoms. The van der Waals surface area contributed by atoms with Gasteiger partial charge in [-0.05, 0) is 60.1 Å². The Hall–Kier alpha value is -4.31. The summed E-state index contributed by atoms with van der Waals surface area (Å²) >= 11 is 0. The van der Waals surface area contributed by atoms with Gasteiger partial charge in [-0.25, -0.2) is 18.7 Å². The van der Waals surface area contributed by atoms with Gasteiger partial charge in [0.15, 0.2) is 17.5 Å². The molecule has 0 radical (unpaired) electrons. The third kappa shape index (κ3) is 6.44. The number of imidazole rings is 1. The number of alkyl halides is 3. The average molecular weight is 581 g/mol. The number of rotatable bonds is 10. The summed E-state index contributed by atoms with van der Waals surface area (Å²) in [6.07, 6.45) is -1.04. The van der Waals surface area contributed by atoms with E-state index in [0.29, 0.717) is 36.6 Å². The molecular formula is C32H29F5N4O. The smallest absolute Gasteiger partial charge is 0.417 e. The minimum absolute atomic E-state index is 0.0224. The number of hydrogen-bond acceptors (Lipinski definition) is 4. The van der Waals surface area contributed by atoms with Gasteiger partial charge in [-0.2, -0.15) is 13.2 Å². The Balaban J connectivity index is 1.33. The maximum atomic E-state index is 14.2. The molecule has 0 unspecified atom stereocenters. The Kier molecular flexibility index (Phi) is 8.54. The summed E-state index contributed by atoms with van der Waals surface area (Å²) in [7, 11) is 0. The van der Waals surface area contributed by atoms with E-state index < -0.39 is 23.4 Å². The SMILES string of the molecule is CCN(CC)CCOc1ccc(-c2ccc(Cn3ccc4nc(-c5cccc(F)c5F)nc-4c3)cc2)c(C(F)(F)F)c1. The number of aromatic nitrogens is 3. The number of ether oxygens (including phenoxy) is 1. The molecule has 5 nitrogen and oxygen atoms in total. The molecule has 0 amide bonds. The lowest BCUT2D eigenvalue weighted by molar-refractivity contribution is -0.137. The lowest BCUT2D eigenvalue weighted by Crippen LogP contribution is -2.27. The van der Waals surface area contributed by atoms with Crippen LogP contribution in [0.5, 0.6) is 5.75 Å². The Labute approximate surface area is 240 Å². The van der Waals surface area contributed by atoms with E-state index in [4.69, 9.17) is 4.74 Å². The first kappa shape index (κ1) is 29.2. The lowest BCUT2D eigenvalue weighted by Gasteiger charge is -2.19. The van der Waals surface area contributed by atoms with Crippen LogP contribution in [0.3, 0.4) is 0 Å². The van der Waals surface area contributed by atoms with Crippen molar-refractivity contribution >= 4 is 0 Å². The van der Waals surface area contributed by atoms with Crippen LogP contribution in [-0.2, 0) is 12.7 Å². The Morgan fingerprint density at radius 3 is 2.31 bits per heavy atom. The highest BCUT2D eigenvalue weighted by Crippen LogP contribution is 2.39. The minimum atomic E-state index is -4.55. The first-order valence-electron chi connectivity index (χ1n) is 13.6. The Bertz CT molecular complexity index is 1630. The van der Waals surface area contributed by atoms with Crippen molar-refractivity contribution in [1.82, 2.24) is 19.4 Å². The fourth-order valence-electron chi connectivity index (χ4n) is 4.78. The molecule has 0 saturated heterocycles. The van der Waals surface area contributed by atoms with Crippen molar-refractivity contribution in [3.63, 3.8) is 0 Å². The van der Waals surface area contributed by atoms with Crippen LogP contribution in [0.25, 0.3) is 33.9 Å². The van der Waals surface area contributed by atoms with Crippen LogP contribution in [0.2, 0.25) is 0 Å². The predicted molar refractivity (Wildman–Crippen MR) is 151 cm³/mol. The van der Waals surface area contributed by atoms with Gasteiger partial charge >= 0.3 is 6.18 Å². The second-order valence-electron chi connectivity index (χ2n) is 9.81. The zero-order chi connectivity index (χ0) is 29.9. The molecule has 0 aliphatic carbocycles. The molecule has 2 aliphatic heterocycles. The Morgan fingerprint density at radius 2 is 1.60 bits per heavy atom. The van der Waals surface area contributed by atoms with Gasteiger partial charge in [0.2, 0.25) is 0 Å². The summed E-state index contributed by atoms with van der Waals surface area (Å²) in [4.78, 5) is 10.8. The Morgan fingerprint density at radius 1 is 0.857 bits per heavy atom. The molecule has 42 heavy (non-hydrogen) atoms. The van der Waals surface area contributed by atoms with E-state index in [1.54, 1.807) is 48.8 Å². The van der Waals surface area contributed by atoms with Gasteiger partial charge in [-0.15, -0.1) is 0 Å². The number of benzene rings is 3. The average Bonchev–Trinajstić information content (AvgIpc) is 3.40. The topological polar surface area (TPSA) is 43.2 Å². The summed E-state index contributed by atoms with van der Waals surface area (Å²) in [5.41, 5.74) is 1.61. The van der Waals surface area contributed by atoms with Crippen molar-refractivity contribution in [2.75, 3.05) is 26.2 Å². The van der Waals surface area contributed by atoms with Crippen LogP contribution in [0, 0.1) is 11.6 Å². The van der Waals surface area contributed by atoms with E-state index >= 15 is 0 Å². The number of hydrogen-bond donors (Lipinski definition) is 0. The molecule has 0 saturated carbocycles. The van der Waals surface area contributed by atoms with E-state index in [-0.39, 0.29) is 22.7 Å². The molecule has 0 spiro atoms. The molecule has 0 atom stereocenters. The van der Waals surface area contributed by atoms with Gasteiger partial charge in [0, 0.05) is 25.5 Å². The third-order valence-electron chi connectivity index (χ3n) is 7.12. The summed E-state index contributed by atoms with van der Waals surface area (Å²) in [6.45, 7) is 7.08. The number of halogens is 5. The normalized spacial score (nSPS) is 11.9. The number of nitrogens with zero attached hydrogens (tertiary/aromatic N) is 4. The number of fused-ring (bicyclic) bond motifs is 1. The van der Waals surface area contributed by atoms with Crippen molar-refractivity contribution in [3.8, 4) is 39.7 Å². The summed E-state index contributed by atoms with van der Waals surface area (Å²) in [5, 5.41) is 0. The van der Waals surface area contributed by atoms with Gasteiger partial charge in [0.1, 0.15) is 18.1 Å². The van der Waals surface area contributed by atoms with E-state index in [9.17, 15) is 22.0 Å². The first-order chi connectivity index (χ1) is 20.2. The highest BCUT2D eigenvalue weighted by Gasteiger charge is 2.34. The van der Waals surface area contributed by atoms with Gasteiger partial charge in [0.05, 0.1) is 16.8 Å². The predicted octanol–water partition coefficient (Wildman–Crippen LogP) is 7.78. The third-order valence-corrected chi connectivity index (χ3v) is 7.12. The maximum absolute atomic E-state index is 14.2. The van der Waals surface area contributed by atoms with Crippen molar-refractivity contribution in [1.29, 1.82) is 0 Å². The molecule has 3 aromatic carbocycles. The minimum Gasteiger partial charge on any atom is -0.492 e. The molecule has 2 heterocycles. The van der Waals surface area contributed by atoms with E-state index in [1.807, 2.05) is 18.4 Å². The van der Waals surface area contributed by atoms with E-state index in [2.05, 4.69) is 14.9 Å². The van der Waals surface area contributed by atoms with Gasteiger partial charge < -0.3 is 14.2 Å². The standard InChI is InChI=1S/C32H29F5N4O/c1-3-40(4-2)16-17-42-23-12-13-24(26(18-23)32(35,36)37)22-10-8-21(9-11-22)19-41-15-14-28-29(20-41)39-31(38-28)25-6-5-7-27(33)30(25)34/h5-15,18,20H,3-4,16-17,19H2,1-2H3. The van der Waals surface area contributed by atoms with Crippen LogP contribution < -0.4 is 4.74 Å². The van der Waals surface area contributed by atoms with Crippen molar-refractivity contribution in [3.05, 3.63) is 102 Å². The molecule has 218 valence electrons. The molecule has 3 aromatic rings. The second kappa shape index (κ2) is 12.3. The molecule has 5 rings (SSSR count). The molecular weight excluding hydrogens is 551 g/mol. The van der Waals surface area contributed by atoms with E-state index in [0.717, 1.165) is 30.8 Å². The largest absolute Gasteiger partial charge is 0.492 e. The highest BCUT2D eigenvalue weighted by atomic mass is 19.4. The van der Waals surface area contributed by atoms with Crippen molar-refractivity contribution < 1.29 is 26.7 Å². The van der Waals surface area contributed by atoms with Crippen LogP contribution in [-0.4, -0.2) is 45.7 Å². The molecule has 0 N–H and O–H groups in total. The van der Waals surface area contributed by atoms with Gasteiger partial charge in [-0.3, -0.25) is 0 Å². The van der Waals surface area contributed by atoms with Crippen molar-refractivity contribution in [2.45, 2.75) is 26.6 Å². The zero-order valence-electron chi connectivity index (χ0n) is 23.1. The summed E-state index contributed by atoms with van der Waals surface area (Å²) in [5.74, 6) is -1.71. The monoisotopic (exact) mass is 580 g/mol. The van der Waals surface area contributed by atoms with Gasteiger partial charge in [-0.1, -0.05) is 50.2 Å². The fourth-order valence-corrected chi connectivity index (χ4v) is 4.78. The van der Waals surface area contributed by atoms with Crippen molar-refractivity contribution in [2.24, 2.45) is 0 Å². The quantitative estimate of drug-likeness (QED) is 0.158. The molecule has 0 bridgehead atoms. The highest BCUT2D eigenvalue weighted by molar-refractivity contribution is 5.70. The van der Waals surface area contributed by atoms with Gasteiger partial charge in [0.25, 0.3) is 0 Å². The number of pyridine rings is 1. The first-order valence-corrected chi connectivity index (χ1v) is 13.6. The lowest BCUT2D eigenvalue weighted by atomic mass is 9.98. The zero-order valence-corrected chi connectivity index (χ0v) is 23.1. The molecule has 2 aliphatic rings. The fraction of sp³-hybridized carbons (Fsp3) is 0.250. The van der Waals surface area contributed by atoms with Crippen LogP contribution in [0.4, 0.5) is 22.0 Å². The maximum Gasteiger partial charge on any atom is 0.417 e. The second-order valence-corrected chi connectivity index (χ2v) is 9.81. The van der Waals surface area contributed by atoms with E-state index in [1.165, 1.54) is 18.2 Å². The number of likely N-dealkylation sites (N-methyl/N-ethyl adjacent to an activating group) is 1. The summed E-state index contributed by atoms with van der Waals surface area (Å²) < 4.78 is 77.3. The van der Waals surface area contributed by atoms with Crippen LogP contribution in [0.1, 0.15) is 25.0 Å². The van der Waals surface area contributed by atoms with Crippen LogP contribution >= 0.6 is 0 Å². The molecule has 0 fully saturated rings. The molecule has 0 aromatic heterocycles. The van der Waals surface area contributed by atoms with Crippen LogP contribution in [0.15, 0.2) is 79.1 Å².